The van der Waals surface area contributed by atoms with Crippen molar-refractivity contribution < 1.29 is 37.9 Å². The Morgan fingerprint density at radius 1 is 0.915 bits per heavy atom. The lowest BCUT2D eigenvalue weighted by Gasteiger charge is -2.49. The molecule has 0 radical (unpaired) electrons. The molecule has 0 aliphatic carbocycles. The minimum Gasteiger partial charge on any atom is -0.378 e. The zero-order valence-corrected chi connectivity index (χ0v) is 32.1. The van der Waals surface area contributed by atoms with E-state index in [4.69, 9.17) is 4.74 Å². The van der Waals surface area contributed by atoms with Crippen LogP contribution in [0.1, 0.15) is 72.7 Å². The second-order valence-corrected chi connectivity index (χ2v) is 16.2. The SMILES string of the molecule is O=C1CCC(N2C(=O)c3ccc(N4CC(F)(CN5CCC(N6Cc7cc(NC(=O)c8cnn9cccnc89)c(N8CCOCC8)cc7C6=O)CC5)C4)cc3C2=O)C(=O)N1. The summed E-state index contributed by atoms with van der Waals surface area (Å²) in [4.78, 5) is 91.3. The van der Waals surface area contributed by atoms with Gasteiger partial charge in [0, 0.05) is 75.4 Å². The number of benzene rings is 2. The van der Waals surface area contributed by atoms with Crippen molar-refractivity contribution in [2.24, 2.45) is 0 Å². The van der Waals surface area contributed by atoms with Gasteiger partial charge >= 0.3 is 0 Å². The van der Waals surface area contributed by atoms with Gasteiger partial charge in [0.15, 0.2) is 11.3 Å². The van der Waals surface area contributed by atoms with Crippen LogP contribution in [0, 0.1) is 0 Å². The van der Waals surface area contributed by atoms with Crippen molar-refractivity contribution in [2.45, 2.75) is 50.0 Å². The molecule has 10 rings (SSSR count). The van der Waals surface area contributed by atoms with Crippen LogP contribution in [0.3, 0.4) is 0 Å². The number of rotatable bonds is 8. The number of likely N-dealkylation sites (tertiary alicyclic amines) is 1. The summed E-state index contributed by atoms with van der Waals surface area (Å²) in [5.41, 5.74) is 3.06. The monoisotopic (exact) mass is 804 g/mol. The molecule has 4 aromatic rings. The molecule has 6 aliphatic heterocycles. The van der Waals surface area contributed by atoms with E-state index in [2.05, 4.69) is 30.5 Å². The Bertz CT molecular complexity index is 2450. The summed E-state index contributed by atoms with van der Waals surface area (Å²) in [5, 5.41) is 9.54. The quantitative estimate of drug-likeness (QED) is 0.247. The standard InChI is InChI=1S/C41H41FN10O7/c42-41(22-49(23-41)26-2-3-27-29(17-26)40(58)52(39(27)57)32-4-5-34(53)46-37(32)55)21-47-10-6-25(7-11-47)50-20-24-16-31(33(18-28(24)38(50)56)48-12-14-59-15-13-48)45-36(54)30-19-44-51-9-1-8-43-35(30)51/h1-3,8-9,16-19,25,32H,4-7,10-15,20-23H2,(H,45,54)(H,46,53,55). The number of anilines is 3. The number of carbonyl (C=O) groups is 6. The number of nitrogens with one attached hydrogen (secondary N) is 2. The lowest BCUT2D eigenvalue weighted by atomic mass is 9.92. The molecule has 4 saturated heterocycles. The summed E-state index contributed by atoms with van der Waals surface area (Å²) >= 11 is 0. The smallest absolute Gasteiger partial charge is 0.262 e. The number of nitrogens with zero attached hydrogens (tertiary/aromatic N) is 8. The number of amides is 6. The molecule has 6 amide bonds. The molecule has 6 aliphatic rings. The van der Waals surface area contributed by atoms with Gasteiger partial charge in [0.05, 0.1) is 55.0 Å². The largest absolute Gasteiger partial charge is 0.378 e. The Morgan fingerprint density at radius 3 is 2.47 bits per heavy atom. The van der Waals surface area contributed by atoms with Crippen molar-refractivity contribution in [3.63, 3.8) is 0 Å². The van der Waals surface area contributed by atoms with Crippen molar-refractivity contribution in [1.82, 2.24) is 34.6 Å². The number of morpholine rings is 1. The first-order chi connectivity index (χ1) is 28.5. The molecule has 59 heavy (non-hydrogen) atoms. The van der Waals surface area contributed by atoms with Gasteiger partial charge in [-0.25, -0.2) is 13.9 Å². The van der Waals surface area contributed by atoms with E-state index in [0.29, 0.717) is 86.9 Å². The Hall–Kier alpha value is -6.27. The third-order valence-corrected chi connectivity index (χ3v) is 12.4. The molecule has 4 fully saturated rings. The molecule has 1 unspecified atom stereocenters. The summed E-state index contributed by atoms with van der Waals surface area (Å²) in [5.74, 6) is -2.69. The topological polar surface area (TPSA) is 182 Å². The van der Waals surface area contributed by atoms with Gasteiger partial charge in [0.1, 0.15) is 11.6 Å². The second kappa shape index (κ2) is 14.2. The van der Waals surface area contributed by atoms with Crippen LogP contribution in [0.15, 0.2) is 55.0 Å². The van der Waals surface area contributed by atoms with E-state index in [0.717, 1.165) is 16.2 Å². The average Bonchev–Trinajstić information content (AvgIpc) is 3.88. The number of aromatic nitrogens is 3. The van der Waals surface area contributed by atoms with E-state index in [1.165, 1.54) is 6.20 Å². The number of hydrogen-bond acceptors (Lipinski definition) is 12. The summed E-state index contributed by atoms with van der Waals surface area (Å²) in [6.07, 6.45) is 6.31. The number of alkyl halides is 1. The molecular formula is C41H41FN10O7. The zero-order chi connectivity index (χ0) is 40.6. The fraction of sp³-hybridized carbons (Fsp3) is 0.415. The lowest BCUT2D eigenvalue weighted by Crippen LogP contribution is -2.64. The third kappa shape index (κ3) is 6.46. The van der Waals surface area contributed by atoms with E-state index in [1.807, 2.05) is 21.9 Å². The highest BCUT2D eigenvalue weighted by Gasteiger charge is 2.48. The Labute approximate surface area is 337 Å². The van der Waals surface area contributed by atoms with Crippen molar-refractivity contribution in [2.75, 3.05) is 74.1 Å². The fourth-order valence-corrected chi connectivity index (χ4v) is 9.38. The number of carbonyl (C=O) groups excluding carboxylic acids is 6. The number of ether oxygens (including phenoxy) is 1. The van der Waals surface area contributed by atoms with Gasteiger partial charge in [-0.05, 0) is 61.2 Å². The maximum atomic E-state index is 16.1. The van der Waals surface area contributed by atoms with E-state index in [-0.39, 0.29) is 61.5 Å². The Balaban J connectivity index is 0.769. The van der Waals surface area contributed by atoms with Crippen LogP contribution in [0.4, 0.5) is 21.5 Å². The first-order valence-corrected chi connectivity index (χ1v) is 20.0. The molecule has 1 atom stereocenters. The van der Waals surface area contributed by atoms with Crippen LogP contribution in [0.5, 0.6) is 0 Å². The lowest BCUT2D eigenvalue weighted by molar-refractivity contribution is -0.136. The van der Waals surface area contributed by atoms with Gasteiger partial charge in [-0.1, -0.05) is 0 Å². The Morgan fingerprint density at radius 2 is 1.69 bits per heavy atom. The van der Waals surface area contributed by atoms with Crippen LogP contribution in [0.2, 0.25) is 0 Å². The molecular weight excluding hydrogens is 764 g/mol. The fourth-order valence-electron chi connectivity index (χ4n) is 9.38. The van der Waals surface area contributed by atoms with Crippen molar-refractivity contribution in [3.8, 4) is 0 Å². The first kappa shape index (κ1) is 37.0. The third-order valence-electron chi connectivity index (χ3n) is 12.4. The minimum absolute atomic E-state index is 0.0271. The van der Waals surface area contributed by atoms with E-state index in [1.54, 1.807) is 41.2 Å². The molecule has 18 heteroatoms. The van der Waals surface area contributed by atoms with Crippen LogP contribution in [-0.4, -0.2) is 142 Å². The van der Waals surface area contributed by atoms with Gasteiger partial charge in [-0.15, -0.1) is 0 Å². The summed E-state index contributed by atoms with van der Waals surface area (Å²) < 4.78 is 23.3. The van der Waals surface area contributed by atoms with Gasteiger partial charge in [-0.2, -0.15) is 5.10 Å². The molecule has 17 nitrogen and oxygen atoms in total. The maximum absolute atomic E-state index is 16.1. The van der Waals surface area contributed by atoms with Crippen molar-refractivity contribution in [1.29, 1.82) is 0 Å². The molecule has 2 aromatic heterocycles. The molecule has 2 aromatic carbocycles. The van der Waals surface area contributed by atoms with Gasteiger partial charge in [0.2, 0.25) is 11.8 Å². The molecule has 8 heterocycles. The zero-order valence-electron chi connectivity index (χ0n) is 32.1. The van der Waals surface area contributed by atoms with Crippen LogP contribution in [-0.2, 0) is 20.9 Å². The Kier molecular flexibility index (Phi) is 8.93. The van der Waals surface area contributed by atoms with Crippen LogP contribution in [0.25, 0.3) is 5.65 Å². The molecule has 0 bridgehead atoms. The predicted octanol–water partition coefficient (Wildman–Crippen LogP) is 1.87. The number of fused-ring (bicyclic) bond motifs is 3. The molecule has 0 spiro atoms. The van der Waals surface area contributed by atoms with E-state index >= 15 is 4.39 Å². The van der Waals surface area contributed by atoms with Crippen LogP contribution < -0.4 is 20.4 Å². The highest BCUT2D eigenvalue weighted by atomic mass is 19.1. The van der Waals surface area contributed by atoms with Crippen molar-refractivity contribution in [3.05, 3.63) is 82.8 Å². The second-order valence-electron chi connectivity index (χ2n) is 16.2. The van der Waals surface area contributed by atoms with Gasteiger partial charge in [-0.3, -0.25) is 43.9 Å². The normalized spacial score (nSPS) is 22.2. The van der Waals surface area contributed by atoms with Crippen LogP contribution >= 0.6 is 0 Å². The summed E-state index contributed by atoms with van der Waals surface area (Å²) in [6, 6.07) is 9.26. The summed E-state index contributed by atoms with van der Waals surface area (Å²) in [6.45, 7) is 4.40. The highest BCUT2D eigenvalue weighted by molar-refractivity contribution is 6.23. The van der Waals surface area contributed by atoms with Crippen molar-refractivity contribution >= 4 is 58.2 Å². The van der Waals surface area contributed by atoms with E-state index < -0.39 is 35.3 Å². The summed E-state index contributed by atoms with van der Waals surface area (Å²) in [7, 11) is 0. The minimum atomic E-state index is -1.49. The average molecular weight is 805 g/mol. The van der Waals surface area contributed by atoms with Gasteiger partial charge < -0.3 is 24.8 Å². The number of halogens is 1. The maximum Gasteiger partial charge on any atom is 0.262 e. The first-order valence-electron chi connectivity index (χ1n) is 20.0. The number of piperidine rings is 2. The molecule has 0 saturated carbocycles. The number of imide groups is 2. The predicted molar refractivity (Wildman–Crippen MR) is 209 cm³/mol. The highest BCUT2D eigenvalue weighted by Crippen LogP contribution is 2.39. The molecule has 2 N–H and O–H groups in total. The molecule has 304 valence electrons. The van der Waals surface area contributed by atoms with E-state index in [9.17, 15) is 28.8 Å². The number of hydrogen-bond donors (Lipinski definition) is 2. The van der Waals surface area contributed by atoms with Gasteiger partial charge in [0.25, 0.3) is 23.6 Å².